The lowest BCUT2D eigenvalue weighted by Gasteiger charge is -2.21. The largest absolute Gasteiger partial charge is 0.385 e. The zero-order chi connectivity index (χ0) is 13.1. The molecule has 1 rings (SSSR count). The molecule has 0 saturated heterocycles. The van der Waals surface area contributed by atoms with Gasteiger partial charge in [0.2, 0.25) is 0 Å². The van der Waals surface area contributed by atoms with Crippen LogP contribution in [0, 0.1) is 6.92 Å². The Morgan fingerprint density at radius 1 is 1.29 bits per heavy atom. The van der Waals surface area contributed by atoms with Gasteiger partial charge in [0, 0.05) is 23.3 Å². The summed E-state index contributed by atoms with van der Waals surface area (Å²) in [6.07, 6.45) is 0. The summed E-state index contributed by atoms with van der Waals surface area (Å²) in [6, 6.07) is 5.81. The molecular weight excluding hydrogens is 212 g/mol. The third-order valence-corrected chi connectivity index (χ3v) is 2.34. The number of anilines is 1. The van der Waals surface area contributed by atoms with Gasteiger partial charge in [0.1, 0.15) is 0 Å². The zero-order valence-electron chi connectivity index (χ0n) is 11.3. The van der Waals surface area contributed by atoms with Crippen molar-refractivity contribution >= 4 is 11.6 Å². The van der Waals surface area contributed by atoms with Crippen molar-refractivity contribution in [3.8, 4) is 0 Å². The van der Waals surface area contributed by atoms with Crippen LogP contribution in [-0.4, -0.2) is 18.0 Å². The van der Waals surface area contributed by atoms with Crippen molar-refractivity contribution in [1.29, 1.82) is 0 Å². The fourth-order valence-corrected chi connectivity index (χ4v) is 1.64. The highest BCUT2D eigenvalue weighted by molar-refractivity contribution is 5.96. The van der Waals surface area contributed by atoms with Crippen LogP contribution < -0.4 is 10.6 Å². The molecule has 1 amide bonds. The highest BCUT2D eigenvalue weighted by atomic mass is 16.1. The van der Waals surface area contributed by atoms with E-state index in [-0.39, 0.29) is 11.4 Å². The maximum absolute atomic E-state index is 12.0. The number of carbonyl (C=O) groups excluding carboxylic acids is 1. The number of hydrogen-bond donors (Lipinski definition) is 2. The fourth-order valence-electron chi connectivity index (χ4n) is 1.64. The van der Waals surface area contributed by atoms with Crippen molar-refractivity contribution < 1.29 is 4.79 Å². The van der Waals surface area contributed by atoms with E-state index in [0.29, 0.717) is 0 Å². The maximum atomic E-state index is 12.0. The molecule has 0 fully saturated rings. The second kappa shape index (κ2) is 5.21. The predicted molar refractivity (Wildman–Crippen MR) is 72.6 cm³/mol. The van der Waals surface area contributed by atoms with Gasteiger partial charge in [-0.1, -0.05) is 0 Å². The minimum atomic E-state index is -0.205. The summed E-state index contributed by atoms with van der Waals surface area (Å²) in [5, 5.41) is 6.20. The lowest BCUT2D eigenvalue weighted by atomic mass is 10.0. The molecule has 3 heteroatoms. The molecule has 0 atom stereocenters. The first kappa shape index (κ1) is 13.6. The molecule has 0 heterocycles. The Bertz CT molecular complexity index is 405. The van der Waals surface area contributed by atoms with Gasteiger partial charge in [-0.15, -0.1) is 0 Å². The van der Waals surface area contributed by atoms with E-state index in [0.717, 1.165) is 23.4 Å². The van der Waals surface area contributed by atoms with Crippen LogP contribution in [0.25, 0.3) is 0 Å². The van der Waals surface area contributed by atoms with E-state index in [2.05, 4.69) is 17.6 Å². The molecule has 3 nitrogen and oxygen atoms in total. The van der Waals surface area contributed by atoms with Gasteiger partial charge in [0.05, 0.1) is 0 Å². The molecule has 0 saturated carbocycles. The number of amides is 1. The number of rotatable bonds is 3. The molecule has 1 aromatic rings. The second-order valence-electron chi connectivity index (χ2n) is 5.26. The molecule has 0 aromatic heterocycles. The van der Waals surface area contributed by atoms with E-state index in [4.69, 9.17) is 0 Å². The average Bonchev–Trinajstić information content (AvgIpc) is 2.15. The van der Waals surface area contributed by atoms with Gasteiger partial charge >= 0.3 is 0 Å². The smallest absolute Gasteiger partial charge is 0.251 e. The number of aryl methyl sites for hydroxylation is 1. The first-order valence-corrected chi connectivity index (χ1v) is 6.00. The van der Waals surface area contributed by atoms with E-state index in [9.17, 15) is 4.79 Å². The van der Waals surface area contributed by atoms with Crippen LogP contribution in [0.3, 0.4) is 0 Å². The Morgan fingerprint density at radius 2 is 1.94 bits per heavy atom. The average molecular weight is 234 g/mol. The lowest BCUT2D eigenvalue weighted by Crippen LogP contribution is -2.40. The standard InChI is InChI=1S/C14H22N2O/c1-6-15-11-7-8-12(10(2)9-11)13(17)16-14(3,4)5/h7-9,15H,6H2,1-5H3,(H,16,17). The van der Waals surface area contributed by atoms with Crippen molar-refractivity contribution in [2.24, 2.45) is 0 Å². The zero-order valence-corrected chi connectivity index (χ0v) is 11.3. The molecule has 2 N–H and O–H groups in total. The van der Waals surface area contributed by atoms with Crippen LogP contribution in [-0.2, 0) is 0 Å². The summed E-state index contributed by atoms with van der Waals surface area (Å²) in [4.78, 5) is 12.0. The third-order valence-electron chi connectivity index (χ3n) is 2.34. The number of benzene rings is 1. The molecule has 0 aliphatic heterocycles. The van der Waals surface area contributed by atoms with Crippen LogP contribution in [0.2, 0.25) is 0 Å². The summed E-state index contributed by atoms with van der Waals surface area (Å²) in [5.41, 5.74) is 2.58. The first-order valence-electron chi connectivity index (χ1n) is 6.00. The SMILES string of the molecule is CCNc1ccc(C(=O)NC(C)(C)C)c(C)c1. The van der Waals surface area contributed by atoms with E-state index in [1.54, 1.807) is 0 Å². The molecule has 0 unspecified atom stereocenters. The fraction of sp³-hybridized carbons (Fsp3) is 0.500. The van der Waals surface area contributed by atoms with Crippen molar-refractivity contribution in [1.82, 2.24) is 5.32 Å². The Labute approximate surface area is 104 Å². The summed E-state index contributed by atoms with van der Waals surface area (Å²) >= 11 is 0. The molecule has 0 aliphatic carbocycles. The Kier molecular flexibility index (Phi) is 4.16. The quantitative estimate of drug-likeness (QED) is 0.844. The Hall–Kier alpha value is -1.51. The Morgan fingerprint density at radius 3 is 2.41 bits per heavy atom. The molecule has 94 valence electrons. The number of carbonyl (C=O) groups is 1. The normalized spacial score (nSPS) is 11.1. The van der Waals surface area contributed by atoms with Gasteiger partial charge in [0.25, 0.3) is 5.91 Å². The summed E-state index contributed by atoms with van der Waals surface area (Å²) < 4.78 is 0. The summed E-state index contributed by atoms with van der Waals surface area (Å²) in [5.74, 6) is -0.0157. The van der Waals surface area contributed by atoms with Crippen LogP contribution in [0.1, 0.15) is 43.6 Å². The molecule has 0 spiro atoms. The van der Waals surface area contributed by atoms with Crippen LogP contribution in [0.15, 0.2) is 18.2 Å². The van der Waals surface area contributed by atoms with E-state index >= 15 is 0 Å². The van der Waals surface area contributed by atoms with Crippen LogP contribution in [0.5, 0.6) is 0 Å². The maximum Gasteiger partial charge on any atom is 0.251 e. The summed E-state index contributed by atoms with van der Waals surface area (Å²) in [7, 11) is 0. The highest BCUT2D eigenvalue weighted by Crippen LogP contribution is 2.16. The van der Waals surface area contributed by atoms with Crippen LogP contribution >= 0.6 is 0 Å². The lowest BCUT2D eigenvalue weighted by molar-refractivity contribution is 0.0919. The predicted octanol–water partition coefficient (Wildman–Crippen LogP) is 2.96. The highest BCUT2D eigenvalue weighted by Gasteiger charge is 2.16. The van der Waals surface area contributed by atoms with Crippen molar-refractivity contribution in [2.45, 2.75) is 40.2 Å². The molecule has 0 aliphatic rings. The first-order chi connectivity index (χ1) is 7.83. The van der Waals surface area contributed by atoms with E-state index in [1.165, 1.54) is 0 Å². The van der Waals surface area contributed by atoms with Crippen molar-refractivity contribution in [2.75, 3.05) is 11.9 Å². The van der Waals surface area contributed by atoms with Gasteiger partial charge in [0.15, 0.2) is 0 Å². The topological polar surface area (TPSA) is 41.1 Å². The number of nitrogens with one attached hydrogen (secondary N) is 2. The van der Waals surface area contributed by atoms with Gasteiger partial charge in [-0.3, -0.25) is 4.79 Å². The molecular formula is C14H22N2O. The molecule has 0 radical (unpaired) electrons. The third kappa shape index (κ3) is 4.10. The summed E-state index contributed by atoms with van der Waals surface area (Å²) in [6.45, 7) is 10.8. The van der Waals surface area contributed by atoms with Crippen LogP contribution in [0.4, 0.5) is 5.69 Å². The van der Waals surface area contributed by atoms with Gasteiger partial charge in [-0.2, -0.15) is 0 Å². The van der Waals surface area contributed by atoms with E-state index in [1.807, 2.05) is 45.9 Å². The minimum Gasteiger partial charge on any atom is -0.385 e. The Balaban J connectivity index is 2.88. The molecule has 0 bridgehead atoms. The number of hydrogen-bond acceptors (Lipinski definition) is 2. The molecule has 17 heavy (non-hydrogen) atoms. The van der Waals surface area contributed by atoms with Gasteiger partial charge < -0.3 is 10.6 Å². The minimum absolute atomic E-state index is 0.0157. The second-order valence-corrected chi connectivity index (χ2v) is 5.26. The van der Waals surface area contributed by atoms with Gasteiger partial charge in [-0.05, 0) is 58.4 Å². The monoisotopic (exact) mass is 234 g/mol. The van der Waals surface area contributed by atoms with Crippen molar-refractivity contribution in [3.63, 3.8) is 0 Å². The van der Waals surface area contributed by atoms with E-state index < -0.39 is 0 Å². The van der Waals surface area contributed by atoms with Gasteiger partial charge in [-0.25, -0.2) is 0 Å². The van der Waals surface area contributed by atoms with Crippen molar-refractivity contribution in [3.05, 3.63) is 29.3 Å². The molecule has 1 aromatic carbocycles.